The lowest BCUT2D eigenvalue weighted by molar-refractivity contribution is -0.156. The van der Waals surface area contributed by atoms with Gasteiger partial charge in [-0.3, -0.25) is 14.4 Å². The molecule has 0 aromatic heterocycles. The monoisotopic (exact) mass is 596 g/mol. The number of aliphatic hydroxyl groups excluding tert-OH is 1. The van der Waals surface area contributed by atoms with Gasteiger partial charge in [0.2, 0.25) is 0 Å². The Balaban J connectivity index is 1.40. The van der Waals surface area contributed by atoms with Crippen molar-refractivity contribution in [1.29, 1.82) is 0 Å². The molecule has 2 aliphatic heterocycles. The molecule has 0 radical (unpaired) electrons. The Bertz CT molecular complexity index is 1360. The molecule has 2 heterocycles. The molecule has 2 bridgehead atoms. The predicted octanol–water partition coefficient (Wildman–Crippen LogP) is 4.37. The van der Waals surface area contributed by atoms with E-state index in [4.69, 9.17) is 18.9 Å². The van der Waals surface area contributed by atoms with E-state index in [2.05, 4.69) is 20.4 Å². The molecule has 43 heavy (non-hydrogen) atoms. The van der Waals surface area contributed by atoms with Crippen LogP contribution in [-0.2, 0) is 38.1 Å². The first-order valence-electron chi connectivity index (χ1n) is 15.7. The Morgan fingerprint density at radius 1 is 1.09 bits per heavy atom. The van der Waals surface area contributed by atoms with Gasteiger partial charge in [-0.05, 0) is 63.4 Å². The molecular formula is C34H44O9. The number of aliphatic hydroxyl groups is 1. The Morgan fingerprint density at radius 3 is 2.49 bits per heavy atom. The minimum Gasteiger partial charge on any atom is -0.466 e. The summed E-state index contributed by atoms with van der Waals surface area (Å²) in [5.74, 6) is -2.51. The number of carbonyl (C=O) groups is 4. The third kappa shape index (κ3) is 4.12. The van der Waals surface area contributed by atoms with E-state index < -0.39 is 46.9 Å². The fourth-order valence-electron chi connectivity index (χ4n) is 10.4. The summed E-state index contributed by atoms with van der Waals surface area (Å²) in [5.41, 5.74) is 2.89. The second-order valence-electron chi connectivity index (χ2n) is 14.1. The first-order valence-corrected chi connectivity index (χ1v) is 15.7. The summed E-state index contributed by atoms with van der Waals surface area (Å²) in [7, 11) is 0. The highest BCUT2D eigenvalue weighted by Crippen LogP contribution is 2.76. The number of carbonyl (C=O) groups excluding carboxylic acids is 4. The molecular weight excluding hydrogens is 552 g/mol. The van der Waals surface area contributed by atoms with Gasteiger partial charge < -0.3 is 24.1 Å². The first kappa shape index (κ1) is 30.1. The smallest absolute Gasteiger partial charge is 0.334 e. The Labute approximate surface area is 253 Å². The minimum absolute atomic E-state index is 0.0179. The Kier molecular flexibility index (Phi) is 7.22. The van der Waals surface area contributed by atoms with Crippen LogP contribution >= 0.6 is 0 Å². The lowest BCUT2D eigenvalue weighted by Crippen LogP contribution is -2.50. The normalized spacial score (nSPS) is 41.9. The number of fused-ring (bicyclic) bond motifs is 5. The molecule has 4 fully saturated rings. The first-order chi connectivity index (χ1) is 20.2. The van der Waals surface area contributed by atoms with Gasteiger partial charge in [-0.1, -0.05) is 37.1 Å². The fraction of sp³-hybridized carbons (Fsp3) is 0.706. The van der Waals surface area contributed by atoms with Gasteiger partial charge in [0, 0.05) is 49.0 Å². The van der Waals surface area contributed by atoms with Crippen molar-refractivity contribution < 1.29 is 43.2 Å². The van der Waals surface area contributed by atoms with E-state index in [1.165, 1.54) is 13.8 Å². The van der Waals surface area contributed by atoms with Crippen molar-refractivity contribution in [3.05, 3.63) is 34.4 Å². The summed E-state index contributed by atoms with van der Waals surface area (Å²) >= 11 is 0. The van der Waals surface area contributed by atoms with Crippen molar-refractivity contribution in [3.63, 3.8) is 0 Å². The lowest BCUT2D eigenvalue weighted by atomic mass is 9.55. The zero-order valence-electron chi connectivity index (χ0n) is 26.1. The largest absolute Gasteiger partial charge is 0.466 e. The maximum absolute atomic E-state index is 14.2. The number of hydrogen-bond acceptors (Lipinski definition) is 9. The standard InChI is InChI=1S/C34H44O9/c1-15(9-8-10-40-20(6)35)26-16(2)11-25-28(29(26)37)34(32(39)43-25)14-33-17(3)12-24-22(18(4)31(38)42-24)13-23(33)19(5)27(34)30(33)41-21(7)36/h15,17,22,24-25,27-30,37H,4,8-14H2,1-3,5-7H3/t15-,17-,22+,24-,25+,27-,28+,29+,30-,33-,34+/m1/s1. The third-order valence-corrected chi connectivity index (χ3v) is 12.0. The zero-order chi connectivity index (χ0) is 31.2. The van der Waals surface area contributed by atoms with Crippen molar-refractivity contribution in [3.8, 4) is 0 Å². The van der Waals surface area contributed by atoms with Crippen LogP contribution in [0.25, 0.3) is 0 Å². The highest BCUT2D eigenvalue weighted by molar-refractivity contribution is 5.91. The molecule has 6 aliphatic rings. The topological polar surface area (TPSA) is 125 Å². The molecule has 2 saturated carbocycles. The van der Waals surface area contributed by atoms with Crippen LogP contribution in [0.4, 0.5) is 0 Å². The molecule has 6 rings (SSSR count). The van der Waals surface area contributed by atoms with Gasteiger partial charge in [0.25, 0.3) is 0 Å². The summed E-state index contributed by atoms with van der Waals surface area (Å²) in [6.07, 6.45) is 1.25. The second kappa shape index (κ2) is 10.3. The van der Waals surface area contributed by atoms with Gasteiger partial charge >= 0.3 is 23.9 Å². The number of esters is 4. The van der Waals surface area contributed by atoms with E-state index >= 15 is 0 Å². The number of ether oxygens (including phenoxy) is 4. The van der Waals surface area contributed by atoms with Crippen LogP contribution in [0, 0.1) is 40.4 Å². The Hall–Kier alpha value is -2.94. The fourth-order valence-corrected chi connectivity index (χ4v) is 10.4. The van der Waals surface area contributed by atoms with Crippen LogP contribution in [0.15, 0.2) is 34.4 Å². The molecule has 2 spiro atoms. The molecule has 234 valence electrons. The molecule has 1 N–H and O–H groups in total. The van der Waals surface area contributed by atoms with Crippen molar-refractivity contribution in [2.45, 2.75) is 104 Å². The average molecular weight is 597 g/mol. The molecule has 2 saturated heterocycles. The van der Waals surface area contributed by atoms with E-state index in [0.29, 0.717) is 44.3 Å². The van der Waals surface area contributed by atoms with Crippen molar-refractivity contribution in [2.24, 2.45) is 40.4 Å². The van der Waals surface area contributed by atoms with Gasteiger partial charge in [0.15, 0.2) is 0 Å². The van der Waals surface area contributed by atoms with Crippen LogP contribution in [0.1, 0.15) is 80.1 Å². The third-order valence-electron chi connectivity index (χ3n) is 12.0. The molecule has 0 aromatic carbocycles. The van der Waals surface area contributed by atoms with Gasteiger partial charge in [-0.2, -0.15) is 0 Å². The van der Waals surface area contributed by atoms with E-state index in [1.807, 2.05) is 13.8 Å². The average Bonchev–Trinajstić information content (AvgIpc) is 3.49. The Morgan fingerprint density at radius 2 is 1.81 bits per heavy atom. The molecule has 0 unspecified atom stereocenters. The minimum atomic E-state index is -1.05. The van der Waals surface area contributed by atoms with Crippen molar-refractivity contribution >= 4 is 23.9 Å². The van der Waals surface area contributed by atoms with Crippen molar-refractivity contribution in [1.82, 2.24) is 0 Å². The molecule has 9 nitrogen and oxygen atoms in total. The quantitative estimate of drug-likeness (QED) is 0.156. The SMILES string of the molecule is C=C1C(=O)O[C@@H]2C[C@@H](C)[C@]34C[C@]5(C(=O)O[C@H]6CC(C)=C([C@H](C)CCCOC(C)=O)[C@H](O)[C@H]65)[C@H](C(C)=C3C[C@@H]12)[C@H]4OC(C)=O. The van der Waals surface area contributed by atoms with Crippen LogP contribution in [0.5, 0.6) is 0 Å². The summed E-state index contributed by atoms with van der Waals surface area (Å²) in [6, 6.07) is 0. The molecule has 0 aromatic rings. The summed E-state index contributed by atoms with van der Waals surface area (Å²) in [5, 5.41) is 12.2. The maximum Gasteiger partial charge on any atom is 0.334 e. The zero-order valence-corrected chi connectivity index (χ0v) is 26.1. The van der Waals surface area contributed by atoms with E-state index in [0.717, 1.165) is 28.7 Å². The summed E-state index contributed by atoms with van der Waals surface area (Å²) < 4.78 is 23.3. The predicted molar refractivity (Wildman–Crippen MR) is 154 cm³/mol. The highest BCUT2D eigenvalue weighted by Gasteiger charge is 2.79. The van der Waals surface area contributed by atoms with Crippen molar-refractivity contribution in [2.75, 3.05) is 6.61 Å². The van der Waals surface area contributed by atoms with Crippen LogP contribution in [-0.4, -0.2) is 60.0 Å². The van der Waals surface area contributed by atoms with Crippen LogP contribution in [0.3, 0.4) is 0 Å². The molecule has 9 heteroatoms. The van der Waals surface area contributed by atoms with E-state index in [-0.39, 0.29) is 41.8 Å². The van der Waals surface area contributed by atoms with Gasteiger partial charge in [-0.15, -0.1) is 0 Å². The van der Waals surface area contributed by atoms with Crippen LogP contribution < -0.4 is 0 Å². The van der Waals surface area contributed by atoms with Crippen LogP contribution in [0.2, 0.25) is 0 Å². The number of hydrogen-bond donors (Lipinski definition) is 1. The molecule has 0 amide bonds. The highest BCUT2D eigenvalue weighted by atomic mass is 16.6. The maximum atomic E-state index is 14.2. The molecule has 4 aliphatic carbocycles. The van der Waals surface area contributed by atoms with E-state index in [9.17, 15) is 24.3 Å². The molecule has 11 atom stereocenters. The van der Waals surface area contributed by atoms with Gasteiger partial charge in [0.05, 0.1) is 18.1 Å². The van der Waals surface area contributed by atoms with Gasteiger partial charge in [0.1, 0.15) is 18.3 Å². The second-order valence-corrected chi connectivity index (χ2v) is 14.1. The lowest BCUT2D eigenvalue weighted by Gasteiger charge is -2.45. The van der Waals surface area contributed by atoms with Gasteiger partial charge in [-0.25, -0.2) is 4.79 Å². The summed E-state index contributed by atoms with van der Waals surface area (Å²) in [4.78, 5) is 50.6. The van der Waals surface area contributed by atoms with E-state index in [1.54, 1.807) is 0 Å². The summed E-state index contributed by atoms with van der Waals surface area (Å²) in [6.45, 7) is 15.4. The number of rotatable bonds is 6.